The summed E-state index contributed by atoms with van der Waals surface area (Å²) in [4.78, 5) is 19.0. The maximum atomic E-state index is 12.5. The zero-order valence-electron chi connectivity index (χ0n) is 13.7. The van der Waals surface area contributed by atoms with E-state index in [1.807, 2.05) is 7.05 Å². The maximum absolute atomic E-state index is 12.5. The van der Waals surface area contributed by atoms with Crippen molar-refractivity contribution in [1.29, 1.82) is 0 Å². The van der Waals surface area contributed by atoms with Gasteiger partial charge < -0.3 is 14.8 Å². The first-order valence-electron chi connectivity index (χ1n) is 8.00. The highest BCUT2D eigenvalue weighted by atomic mass is 16.1. The van der Waals surface area contributed by atoms with Gasteiger partial charge in [-0.25, -0.2) is 4.98 Å². The Balaban J connectivity index is 2.08. The van der Waals surface area contributed by atoms with Crippen LogP contribution in [0.2, 0.25) is 0 Å². The molecule has 5 nitrogen and oxygen atoms in total. The molecule has 2 heterocycles. The summed E-state index contributed by atoms with van der Waals surface area (Å²) in [5, 5.41) is 3.33. The maximum Gasteiger partial charge on any atom is 0.293 e. The monoisotopic (exact) mass is 292 g/mol. The molecule has 1 aliphatic heterocycles. The molecule has 21 heavy (non-hydrogen) atoms. The number of anilines is 1. The van der Waals surface area contributed by atoms with Crippen molar-refractivity contribution in [2.75, 3.05) is 25.0 Å². The molecule has 1 N–H and O–H groups in total. The third-order valence-electron chi connectivity index (χ3n) is 4.46. The van der Waals surface area contributed by atoms with E-state index in [0.29, 0.717) is 23.7 Å². The van der Waals surface area contributed by atoms with E-state index in [-0.39, 0.29) is 5.56 Å². The summed E-state index contributed by atoms with van der Waals surface area (Å²) in [6.45, 7) is 9.07. The Kier molecular flexibility index (Phi) is 5.39. The Hall–Kier alpha value is -1.36. The van der Waals surface area contributed by atoms with Crippen molar-refractivity contribution in [3.05, 3.63) is 22.7 Å². The minimum absolute atomic E-state index is 0.0475. The number of nitrogens with one attached hydrogen (secondary N) is 1. The number of aromatic nitrogens is 2. The Bertz CT molecular complexity index is 503. The first-order valence-corrected chi connectivity index (χ1v) is 8.00. The van der Waals surface area contributed by atoms with Gasteiger partial charge in [-0.3, -0.25) is 4.79 Å². The lowest BCUT2D eigenvalue weighted by atomic mass is 9.90. The van der Waals surface area contributed by atoms with Crippen molar-refractivity contribution < 1.29 is 0 Å². The van der Waals surface area contributed by atoms with Crippen LogP contribution in [0.1, 0.15) is 33.6 Å². The van der Waals surface area contributed by atoms with E-state index in [4.69, 9.17) is 0 Å². The minimum atomic E-state index is 0.0475. The number of rotatable bonds is 5. The van der Waals surface area contributed by atoms with Crippen molar-refractivity contribution >= 4 is 5.82 Å². The van der Waals surface area contributed by atoms with Crippen LogP contribution in [0.15, 0.2) is 17.2 Å². The molecule has 118 valence electrons. The van der Waals surface area contributed by atoms with Crippen LogP contribution in [0.5, 0.6) is 0 Å². The van der Waals surface area contributed by atoms with Crippen LogP contribution in [0, 0.1) is 11.8 Å². The number of nitrogens with zero attached hydrogens (tertiary/aromatic N) is 3. The fourth-order valence-electron chi connectivity index (χ4n) is 3.04. The highest BCUT2D eigenvalue weighted by molar-refractivity contribution is 5.36. The molecule has 0 aromatic carbocycles. The number of hydrogen-bond donors (Lipinski definition) is 1. The van der Waals surface area contributed by atoms with Gasteiger partial charge in [0.25, 0.3) is 5.56 Å². The molecule has 0 spiro atoms. The number of hydrogen-bond acceptors (Lipinski definition) is 4. The Morgan fingerprint density at radius 3 is 2.57 bits per heavy atom. The lowest BCUT2D eigenvalue weighted by Gasteiger charge is -2.35. The van der Waals surface area contributed by atoms with Gasteiger partial charge in [0.2, 0.25) is 0 Å². The van der Waals surface area contributed by atoms with Crippen LogP contribution in [-0.2, 0) is 6.54 Å². The van der Waals surface area contributed by atoms with Gasteiger partial charge in [0, 0.05) is 38.1 Å². The first-order chi connectivity index (χ1) is 10.0. The van der Waals surface area contributed by atoms with E-state index in [2.05, 4.69) is 36.0 Å². The third-order valence-corrected chi connectivity index (χ3v) is 4.46. The summed E-state index contributed by atoms with van der Waals surface area (Å²) in [7, 11) is 2.01. The summed E-state index contributed by atoms with van der Waals surface area (Å²) in [5.41, 5.74) is 0.0475. The smallest absolute Gasteiger partial charge is 0.293 e. The standard InChI is InChI=1S/C16H28N4O/c1-12(2)11-20-10-7-18-15(16(20)21)19-8-5-14(6-9-19)13(3)17-4/h7,10,12-14,17H,5-6,8-9,11H2,1-4H3. The fourth-order valence-corrected chi connectivity index (χ4v) is 3.04. The quantitative estimate of drug-likeness (QED) is 0.898. The molecule has 0 radical (unpaired) electrons. The van der Waals surface area contributed by atoms with E-state index in [0.717, 1.165) is 32.5 Å². The first kappa shape index (κ1) is 16.0. The van der Waals surface area contributed by atoms with Gasteiger partial charge in [0.05, 0.1) is 0 Å². The molecule has 1 saturated heterocycles. The van der Waals surface area contributed by atoms with E-state index in [1.54, 1.807) is 17.0 Å². The van der Waals surface area contributed by atoms with Crippen LogP contribution < -0.4 is 15.8 Å². The molecule has 0 saturated carbocycles. The largest absolute Gasteiger partial charge is 0.352 e. The topological polar surface area (TPSA) is 50.2 Å². The van der Waals surface area contributed by atoms with Crippen LogP contribution in [0.3, 0.4) is 0 Å². The molecule has 0 bridgehead atoms. The second kappa shape index (κ2) is 7.07. The van der Waals surface area contributed by atoms with Gasteiger partial charge in [-0.15, -0.1) is 0 Å². The second-order valence-electron chi connectivity index (χ2n) is 6.50. The normalized spacial score (nSPS) is 18.2. The van der Waals surface area contributed by atoms with Crippen molar-refractivity contribution in [2.24, 2.45) is 11.8 Å². The Morgan fingerprint density at radius 1 is 1.33 bits per heavy atom. The zero-order chi connectivity index (χ0) is 15.4. The van der Waals surface area contributed by atoms with Gasteiger partial charge >= 0.3 is 0 Å². The SMILES string of the molecule is CNC(C)C1CCN(c2nccn(CC(C)C)c2=O)CC1. The summed E-state index contributed by atoms with van der Waals surface area (Å²) < 4.78 is 1.79. The van der Waals surface area contributed by atoms with Crippen LogP contribution >= 0.6 is 0 Å². The summed E-state index contributed by atoms with van der Waals surface area (Å²) in [6, 6.07) is 0.536. The summed E-state index contributed by atoms with van der Waals surface area (Å²) in [6.07, 6.45) is 5.77. The molecule has 0 aliphatic carbocycles. The summed E-state index contributed by atoms with van der Waals surface area (Å²) >= 11 is 0. The molecule has 2 rings (SSSR count). The van der Waals surface area contributed by atoms with Crippen LogP contribution in [0.25, 0.3) is 0 Å². The molecule has 1 unspecified atom stereocenters. The summed E-state index contributed by atoms with van der Waals surface area (Å²) in [5.74, 6) is 1.77. The molecule has 1 aromatic rings. The van der Waals surface area contributed by atoms with Crippen LogP contribution in [0.4, 0.5) is 5.82 Å². The Labute approximate surface area is 127 Å². The van der Waals surface area contributed by atoms with Gasteiger partial charge in [-0.2, -0.15) is 0 Å². The molecule has 1 fully saturated rings. The predicted molar refractivity (Wildman–Crippen MR) is 86.8 cm³/mol. The molecule has 5 heteroatoms. The molecule has 0 amide bonds. The van der Waals surface area contributed by atoms with Gasteiger partial charge in [0.1, 0.15) is 0 Å². The molecular weight excluding hydrogens is 264 g/mol. The number of piperidine rings is 1. The highest BCUT2D eigenvalue weighted by Gasteiger charge is 2.25. The van der Waals surface area contributed by atoms with Crippen molar-refractivity contribution in [2.45, 2.75) is 46.2 Å². The second-order valence-corrected chi connectivity index (χ2v) is 6.50. The van der Waals surface area contributed by atoms with E-state index in [1.165, 1.54) is 0 Å². The fraction of sp³-hybridized carbons (Fsp3) is 0.750. The van der Waals surface area contributed by atoms with Gasteiger partial charge in [0.15, 0.2) is 5.82 Å². The van der Waals surface area contributed by atoms with E-state index in [9.17, 15) is 4.79 Å². The van der Waals surface area contributed by atoms with E-state index < -0.39 is 0 Å². The third kappa shape index (κ3) is 3.84. The molecule has 1 aromatic heterocycles. The molecule has 1 atom stereocenters. The molecule has 1 aliphatic rings. The predicted octanol–water partition coefficient (Wildman–Crippen LogP) is 1.72. The lowest BCUT2D eigenvalue weighted by molar-refractivity contribution is 0.322. The average molecular weight is 292 g/mol. The minimum Gasteiger partial charge on any atom is -0.352 e. The van der Waals surface area contributed by atoms with Gasteiger partial charge in [-0.05, 0) is 38.6 Å². The van der Waals surface area contributed by atoms with Crippen molar-refractivity contribution in [3.8, 4) is 0 Å². The van der Waals surface area contributed by atoms with Crippen LogP contribution in [-0.4, -0.2) is 35.7 Å². The highest BCUT2D eigenvalue weighted by Crippen LogP contribution is 2.22. The van der Waals surface area contributed by atoms with E-state index >= 15 is 0 Å². The average Bonchev–Trinajstić information content (AvgIpc) is 2.48. The van der Waals surface area contributed by atoms with Crippen molar-refractivity contribution in [1.82, 2.24) is 14.9 Å². The Morgan fingerprint density at radius 2 is 2.00 bits per heavy atom. The zero-order valence-corrected chi connectivity index (χ0v) is 13.7. The molecular formula is C16H28N4O. The van der Waals surface area contributed by atoms with Crippen molar-refractivity contribution in [3.63, 3.8) is 0 Å². The van der Waals surface area contributed by atoms with Gasteiger partial charge in [-0.1, -0.05) is 13.8 Å². The lowest BCUT2D eigenvalue weighted by Crippen LogP contribution is -2.43.